The monoisotopic (exact) mass is 466 g/mol. The van der Waals surface area contributed by atoms with Gasteiger partial charge in [0.05, 0.1) is 6.54 Å². The second-order valence-corrected chi connectivity index (χ2v) is 11.3. The SMILES string of the molecule is CC(C)N1CC(=O)N(CC2CCC(Cl)CC2)C2(CCN(C(=O)NC3CCCCC3)C2)C1=O. The van der Waals surface area contributed by atoms with Crippen LogP contribution in [0.15, 0.2) is 0 Å². The molecule has 4 fully saturated rings. The molecule has 0 bridgehead atoms. The summed E-state index contributed by atoms with van der Waals surface area (Å²) in [5.74, 6) is 0.390. The predicted molar refractivity (Wildman–Crippen MR) is 124 cm³/mol. The molecule has 0 radical (unpaired) electrons. The van der Waals surface area contributed by atoms with Crippen LogP contribution in [0, 0.1) is 5.92 Å². The Balaban J connectivity index is 1.51. The van der Waals surface area contributed by atoms with Gasteiger partial charge in [0.15, 0.2) is 0 Å². The number of hydrogen-bond acceptors (Lipinski definition) is 3. The average molecular weight is 467 g/mol. The fourth-order valence-corrected chi connectivity index (χ4v) is 6.31. The zero-order valence-electron chi connectivity index (χ0n) is 19.7. The highest BCUT2D eigenvalue weighted by Gasteiger charge is 2.57. The quantitative estimate of drug-likeness (QED) is 0.646. The van der Waals surface area contributed by atoms with E-state index in [1.807, 2.05) is 18.7 Å². The van der Waals surface area contributed by atoms with Crippen molar-refractivity contribution >= 4 is 29.4 Å². The summed E-state index contributed by atoms with van der Waals surface area (Å²) in [6.07, 6.45) is 10.0. The van der Waals surface area contributed by atoms with Gasteiger partial charge in [-0.25, -0.2) is 4.79 Å². The van der Waals surface area contributed by atoms with Crippen molar-refractivity contribution in [2.75, 3.05) is 26.2 Å². The van der Waals surface area contributed by atoms with Crippen LogP contribution in [0.3, 0.4) is 0 Å². The molecule has 2 saturated heterocycles. The number of urea groups is 1. The van der Waals surface area contributed by atoms with E-state index in [0.717, 1.165) is 51.4 Å². The molecular formula is C24H39ClN4O3. The molecule has 2 heterocycles. The van der Waals surface area contributed by atoms with Crippen LogP contribution in [-0.2, 0) is 9.59 Å². The third-order valence-electron chi connectivity index (χ3n) is 8.09. The normalized spacial score (nSPS) is 32.3. The zero-order chi connectivity index (χ0) is 22.9. The van der Waals surface area contributed by atoms with E-state index in [1.54, 1.807) is 9.80 Å². The Morgan fingerprint density at radius 3 is 2.44 bits per heavy atom. The highest BCUT2D eigenvalue weighted by atomic mass is 35.5. The maximum absolute atomic E-state index is 13.8. The van der Waals surface area contributed by atoms with Crippen molar-refractivity contribution in [3.05, 3.63) is 0 Å². The minimum Gasteiger partial charge on any atom is -0.335 e. The number of nitrogens with one attached hydrogen (secondary N) is 1. The van der Waals surface area contributed by atoms with Gasteiger partial charge in [0, 0.05) is 30.6 Å². The Bertz CT molecular complexity index is 718. The van der Waals surface area contributed by atoms with E-state index in [2.05, 4.69) is 5.32 Å². The van der Waals surface area contributed by atoms with Crippen molar-refractivity contribution in [2.45, 2.75) is 101 Å². The molecular weight excluding hydrogens is 428 g/mol. The van der Waals surface area contributed by atoms with E-state index in [1.165, 1.54) is 6.42 Å². The summed E-state index contributed by atoms with van der Waals surface area (Å²) in [6.45, 7) is 5.45. The predicted octanol–water partition coefficient (Wildman–Crippen LogP) is 3.35. The molecule has 1 unspecified atom stereocenters. The van der Waals surface area contributed by atoms with E-state index in [4.69, 9.17) is 11.6 Å². The molecule has 1 spiro atoms. The first-order chi connectivity index (χ1) is 15.3. The maximum Gasteiger partial charge on any atom is 0.317 e. The molecule has 4 amide bonds. The second-order valence-electron chi connectivity index (χ2n) is 10.6. The molecule has 2 saturated carbocycles. The summed E-state index contributed by atoms with van der Waals surface area (Å²) in [5, 5.41) is 3.41. The van der Waals surface area contributed by atoms with Crippen LogP contribution in [0.2, 0.25) is 0 Å². The maximum atomic E-state index is 13.8. The first-order valence-electron chi connectivity index (χ1n) is 12.6. The number of amides is 4. The molecule has 4 aliphatic rings. The van der Waals surface area contributed by atoms with Crippen molar-refractivity contribution in [3.8, 4) is 0 Å². The molecule has 2 aliphatic carbocycles. The number of piperazine rings is 1. The van der Waals surface area contributed by atoms with E-state index < -0.39 is 5.54 Å². The third kappa shape index (κ3) is 4.73. The number of hydrogen-bond donors (Lipinski definition) is 1. The summed E-state index contributed by atoms with van der Waals surface area (Å²) in [6, 6.07) is 0.103. The number of alkyl halides is 1. The van der Waals surface area contributed by atoms with Gasteiger partial charge in [0.1, 0.15) is 12.1 Å². The number of carbonyl (C=O) groups is 3. The molecule has 0 aromatic carbocycles. The Morgan fingerprint density at radius 1 is 1.09 bits per heavy atom. The van der Waals surface area contributed by atoms with Gasteiger partial charge in [0.2, 0.25) is 5.91 Å². The summed E-state index contributed by atoms with van der Waals surface area (Å²) in [5.41, 5.74) is -0.929. The van der Waals surface area contributed by atoms with Crippen LogP contribution in [0.4, 0.5) is 4.79 Å². The van der Waals surface area contributed by atoms with Gasteiger partial charge in [-0.05, 0) is 64.7 Å². The van der Waals surface area contributed by atoms with Crippen molar-refractivity contribution in [1.82, 2.24) is 20.0 Å². The van der Waals surface area contributed by atoms with Crippen LogP contribution in [0.25, 0.3) is 0 Å². The molecule has 0 aromatic heterocycles. The number of rotatable bonds is 4. The Hall–Kier alpha value is -1.50. The van der Waals surface area contributed by atoms with Crippen LogP contribution < -0.4 is 5.32 Å². The average Bonchev–Trinajstić information content (AvgIpc) is 3.22. The van der Waals surface area contributed by atoms with Gasteiger partial charge < -0.3 is 20.0 Å². The van der Waals surface area contributed by atoms with Crippen molar-refractivity contribution in [3.63, 3.8) is 0 Å². The van der Waals surface area contributed by atoms with E-state index in [0.29, 0.717) is 32.0 Å². The lowest BCUT2D eigenvalue weighted by atomic mass is 9.84. The fourth-order valence-electron chi connectivity index (χ4n) is 6.06. The molecule has 8 heteroatoms. The lowest BCUT2D eigenvalue weighted by Crippen LogP contribution is -2.71. The highest BCUT2D eigenvalue weighted by molar-refractivity contribution is 6.20. The molecule has 32 heavy (non-hydrogen) atoms. The number of carbonyl (C=O) groups excluding carboxylic acids is 3. The van der Waals surface area contributed by atoms with Gasteiger partial charge in [-0.2, -0.15) is 0 Å². The van der Waals surface area contributed by atoms with Gasteiger partial charge in [-0.15, -0.1) is 11.6 Å². The molecule has 7 nitrogen and oxygen atoms in total. The highest BCUT2D eigenvalue weighted by Crippen LogP contribution is 2.37. The standard InChI is InChI=1S/C24H39ClN4O3/c1-17(2)28-15-21(30)29(14-18-8-10-19(25)11-9-18)24(22(28)31)12-13-27(16-24)23(32)26-20-6-4-3-5-7-20/h17-20H,3-16H2,1-2H3,(H,26,32). The second kappa shape index (κ2) is 9.78. The summed E-state index contributed by atoms with van der Waals surface area (Å²) in [4.78, 5) is 45.5. The Morgan fingerprint density at radius 2 is 1.78 bits per heavy atom. The zero-order valence-corrected chi connectivity index (χ0v) is 20.4. The summed E-state index contributed by atoms with van der Waals surface area (Å²) in [7, 11) is 0. The first kappa shape index (κ1) is 23.7. The van der Waals surface area contributed by atoms with E-state index in [9.17, 15) is 14.4 Å². The van der Waals surface area contributed by atoms with Crippen LogP contribution >= 0.6 is 11.6 Å². The van der Waals surface area contributed by atoms with Crippen LogP contribution in [-0.4, -0.2) is 81.7 Å². The number of halogens is 1. The van der Waals surface area contributed by atoms with Crippen molar-refractivity contribution in [2.24, 2.45) is 5.92 Å². The molecule has 0 aromatic rings. The molecule has 1 N–H and O–H groups in total. The van der Waals surface area contributed by atoms with Gasteiger partial charge in [0.25, 0.3) is 5.91 Å². The minimum absolute atomic E-state index is 0.00564. The molecule has 4 rings (SSSR count). The van der Waals surface area contributed by atoms with Crippen LogP contribution in [0.1, 0.15) is 78.1 Å². The summed E-state index contributed by atoms with van der Waals surface area (Å²) < 4.78 is 0. The minimum atomic E-state index is -0.929. The molecule has 2 aliphatic heterocycles. The first-order valence-corrected chi connectivity index (χ1v) is 13.0. The van der Waals surface area contributed by atoms with Gasteiger partial charge in [-0.3, -0.25) is 9.59 Å². The molecule has 1 atom stereocenters. The van der Waals surface area contributed by atoms with Crippen molar-refractivity contribution in [1.29, 1.82) is 0 Å². The summed E-state index contributed by atoms with van der Waals surface area (Å²) >= 11 is 6.29. The molecule has 180 valence electrons. The van der Waals surface area contributed by atoms with E-state index >= 15 is 0 Å². The van der Waals surface area contributed by atoms with Crippen LogP contribution in [0.5, 0.6) is 0 Å². The Labute approximate surface area is 197 Å². The lowest BCUT2D eigenvalue weighted by molar-refractivity contribution is -0.167. The fraction of sp³-hybridized carbons (Fsp3) is 0.875. The van der Waals surface area contributed by atoms with Gasteiger partial charge in [-0.1, -0.05) is 19.3 Å². The van der Waals surface area contributed by atoms with E-state index in [-0.39, 0.29) is 41.9 Å². The number of likely N-dealkylation sites (tertiary alicyclic amines) is 1. The topological polar surface area (TPSA) is 73.0 Å². The lowest BCUT2D eigenvalue weighted by Gasteiger charge is -2.49. The van der Waals surface area contributed by atoms with Gasteiger partial charge >= 0.3 is 6.03 Å². The van der Waals surface area contributed by atoms with Crippen molar-refractivity contribution < 1.29 is 14.4 Å². The smallest absolute Gasteiger partial charge is 0.317 e. The largest absolute Gasteiger partial charge is 0.335 e. The number of nitrogens with zero attached hydrogens (tertiary/aromatic N) is 3. The Kier molecular flexibility index (Phi) is 7.23. The third-order valence-corrected chi connectivity index (χ3v) is 8.53.